The van der Waals surface area contributed by atoms with Crippen molar-refractivity contribution in [3.8, 4) is 0 Å². The molecule has 1 aliphatic carbocycles. The van der Waals surface area contributed by atoms with E-state index in [1.165, 1.54) is 7.11 Å². The quantitative estimate of drug-likeness (QED) is 0.693. The molecule has 3 N–H and O–H groups in total. The third-order valence-electron chi connectivity index (χ3n) is 2.86. The number of anilines is 2. The molecule has 0 radical (unpaired) electrons. The normalized spacial score (nSPS) is 13.8. The highest BCUT2D eigenvalue weighted by atomic mass is 16.5. The van der Waals surface area contributed by atoms with E-state index in [4.69, 9.17) is 4.74 Å². The van der Waals surface area contributed by atoms with Crippen LogP contribution in [0.3, 0.4) is 0 Å². The highest BCUT2D eigenvalue weighted by Crippen LogP contribution is 2.18. The molecule has 108 valence electrons. The number of nitrogens with one attached hydrogen (secondary N) is 3. The fourth-order valence-electron chi connectivity index (χ4n) is 1.69. The SMILES string of the molecule is COCC(=O)Nc1ccc(NC(=O)CNC2CC2)cc1. The minimum atomic E-state index is -0.210. The van der Waals surface area contributed by atoms with Crippen molar-refractivity contribution in [3.63, 3.8) is 0 Å². The Kier molecular flexibility index (Phi) is 5.09. The van der Waals surface area contributed by atoms with Crippen molar-refractivity contribution in [3.05, 3.63) is 24.3 Å². The van der Waals surface area contributed by atoms with Crippen molar-refractivity contribution in [2.45, 2.75) is 18.9 Å². The average Bonchev–Trinajstić information content (AvgIpc) is 3.23. The van der Waals surface area contributed by atoms with Gasteiger partial charge in [-0.25, -0.2) is 0 Å². The van der Waals surface area contributed by atoms with Gasteiger partial charge < -0.3 is 20.7 Å². The van der Waals surface area contributed by atoms with Crippen LogP contribution >= 0.6 is 0 Å². The van der Waals surface area contributed by atoms with Crippen LogP contribution in [0.25, 0.3) is 0 Å². The molecule has 0 spiro atoms. The molecule has 2 amide bonds. The van der Waals surface area contributed by atoms with Crippen molar-refractivity contribution in [1.82, 2.24) is 5.32 Å². The first-order valence-corrected chi connectivity index (χ1v) is 6.59. The third kappa shape index (κ3) is 4.99. The molecule has 0 bridgehead atoms. The van der Waals surface area contributed by atoms with Gasteiger partial charge in [-0.2, -0.15) is 0 Å². The summed E-state index contributed by atoms with van der Waals surface area (Å²) in [7, 11) is 1.47. The topological polar surface area (TPSA) is 79.5 Å². The summed E-state index contributed by atoms with van der Waals surface area (Å²) in [6.45, 7) is 0.350. The molecule has 2 rings (SSSR count). The van der Waals surface area contributed by atoms with E-state index in [9.17, 15) is 9.59 Å². The summed E-state index contributed by atoms with van der Waals surface area (Å²) in [5.74, 6) is -0.272. The Morgan fingerprint density at radius 2 is 1.65 bits per heavy atom. The summed E-state index contributed by atoms with van der Waals surface area (Å²) in [6, 6.07) is 7.48. The number of carbonyl (C=O) groups is 2. The maximum Gasteiger partial charge on any atom is 0.250 e. The van der Waals surface area contributed by atoms with Crippen LogP contribution in [0.15, 0.2) is 24.3 Å². The van der Waals surface area contributed by atoms with E-state index in [2.05, 4.69) is 16.0 Å². The molecule has 0 atom stereocenters. The molecule has 0 aliphatic heterocycles. The highest BCUT2D eigenvalue weighted by molar-refractivity contribution is 5.94. The van der Waals surface area contributed by atoms with Crippen LogP contribution in [0.4, 0.5) is 11.4 Å². The number of hydrogen-bond donors (Lipinski definition) is 3. The molecule has 1 fully saturated rings. The summed E-state index contributed by atoms with van der Waals surface area (Å²) in [4.78, 5) is 22.9. The third-order valence-corrected chi connectivity index (χ3v) is 2.86. The second kappa shape index (κ2) is 7.02. The minimum Gasteiger partial charge on any atom is -0.375 e. The van der Waals surface area contributed by atoms with Crippen LogP contribution in [0.1, 0.15) is 12.8 Å². The molecule has 0 heterocycles. The van der Waals surface area contributed by atoms with E-state index in [1.807, 2.05) is 0 Å². The van der Waals surface area contributed by atoms with E-state index in [1.54, 1.807) is 24.3 Å². The van der Waals surface area contributed by atoms with Gasteiger partial charge in [0, 0.05) is 24.5 Å². The number of rotatable bonds is 7. The largest absolute Gasteiger partial charge is 0.375 e. The summed E-state index contributed by atoms with van der Waals surface area (Å²) in [6.07, 6.45) is 2.31. The zero-order valence-corrected chi connectivity index (χ0v) is 11.4. The molecule has 0 unspecified atom stereocenters. The monoisotopic (exact) mass is 277 g/mol. The lowest BCUT2D eigenvalue weighted by atomic mass is 10.2. The zero-order valence-electron chi connectivity index (χ0n) is 11.4. The van der Waals surface area contributed by atoms with Crippen LogP contribution in [0.5, 0.6) is 0 Å². The number of methoxy groups -OCH3 is 1. The zero-order chi connectivity index (χ0) is 14.4. The second-order valence-electron chi connectivity index (χ2n) is 4.76. The average molecular weight is 277 g/mol. The van der Waals surface area contributed by atoms with E-state index in [0.717, 1.165) is 12.8 Å². The molecule has 20 heavy (non-hydrogen) atoms. The number of benzene rings is 1. The van der Waals surface area contributed by atoms with Crippen molar-refractivity contribution in [1.29, 1.82) is 0 Å². The molecular formula is C14H19N3O3. The van der Waals surface area contributed by atoms with Crippen LogP contribution in [-0.2, 0) is 14.3 Å². The first kappa shape index (κ1) is 14.5. The molecule has 1 saturated carbocycles. The Labute approximate surface area is 117 Å². The maximum absolute atomic E-state index is 11.6. The lowest BCUT2D eigenvalue weighted by Crippen LogP contribution is -2.29. The maximum atomic E-state index is 11.6. The second-order valence-corrected chi connectivity index (χ2v) is 4.76. The van der Waals surface area contributed by atoms with Crippen LogP contribution in [0, 0.1) is 0 Å². The van der Waals surface area contributed by atoms with Gasteiger partial charge in [0.1, 0.15) is 6.61 Å². The standard InChI is InChI=1S/C14H19N3O3/c1-20-9-14(19)17-12-6-4-11(5-7-12)16-13(18)8-15-10-2-3-10/h4-7,10,15H,2-3,8-9H2,1H3,(H,16,18)(H,17,19). The van der Waals surface area contributed by atoms with E-state index < -0.39 is 0 Å². The molecule has 1 aromatic carbocycles. The van der Waals surface area contributed by atoms with Gasteiger partial charge in [-0.05, 0) is 37.1 Å². The molecule has 0 aromatic heterocycles. The Bertz CT molecular complexity index is 469. The van der Waals surface area contributed by atoms with Gasteiger partial charge in [-0.1, -0.05) is 0 Å². The number of ether oxygens (including phenoxy) is 1. The summed E-state index contributed by atoms with van der Waals surface area (Å²) in [5.41, 5.74) is 1.37. The van der Waals surface area contributed by atoms with Gasteiger partial charge in [-0.3, -0.25) is 9.59 Å². The smallest absolute Gasteiger partial charge is 0.250 e. The Hall–Kier alpha value is -1.92. The number of amides is 2. The van der Waals surface area contributed by atoms with Crippen molar-refractivity contribution in [2.24, 2.45) is 0 Å². The Balaban J connectivity index is 1.77. The number of carbonyl (C=O) groups excluding carboxylic acids is 2. The number of hydrogen-bond acceptors (Lipinski definition) is 4. The Morgan fingerprint density at radius 1 is 1.10 bits per heavy atom. The molecule has 6 nitrogen and oxygen atoms in total. The van der Waals surface area contributed by atoms with Crippen LogP contribution < -0.4 is 16.0 Å². The van der Waals surface area contributed by atoms with Crippen LogP contribution in [0.2, 0.25) is 0 Å². The van der Waals surface area contributed by atoms with Gasteiger partial charge >= 0.3 is 0 Å². The van der Waals surface area contributed by atoms with Crippen molar-refractivity contribution >= 4 is 23.2 Å². The van der Waals surface area contributed by atoms with Crippen LogP contribution in [-0.4, -0.2) is 38.1 Å². The molecule has 6 heteroatoms. The minimum absolute atomic E-state index is 0.0192. The van der Waals surface area contributed by atoms with E-state index in [0.29, 0.717) is 24.0 Å². The predicted octanol–water partition coefficient (Wildman–Crippen LogP) is 0.962. The molecule has 1 aliphatic rings. The van der Waals surface area contributed by atoms with Gasteiger partial charge in [0.25, 0.3) is 0 Å². The molecular weight excluding hydrogens is 258 g/mol. The van der Waals surface area contributed by atoms with Gasteiger partial charge in [0.2, 0.25) is 11.8 Å². The van der Waals surface area contributed by atoms with Crippen molar-refractivity contribution in [2.75, 3.05) is 30.9 Å². The van der Waals surface area contributed by atoms with Gasteiger partial charge in [-0.15, -0.1) is 0 Å². The van der Waals surface area contributed by atoms with Gasteiger partial charge in [0.05, 0.1) is 6.54 Å². The predicted molar refractivity (Wildman–Crippen MR) is 76.6 cm³/mol. The summed E-state index contributed by atoms with van der Waals surface area (Å²) >= 11 is 0. The molecule has 0 saturated heterocycles. The fraction of sp³-hybridized carbons (Fsp3) is 0.429. The first-order valence-electron chi connectivity index (χ1n) is 6.59. The fourth-order valence-corrected chi connectivity index (χ4v) is 1.69. The summed E-state index contributed by atoms with van der Waals surface area (Å²) in [5, 5.41) is 8.62. The summed E-state index contributed by atoms with van der Waals surface area (Å²) < 4.78 is 4.73. The lowest BCUT2D eigenvalue weighted by Gasteiger charge is -2.08. The Morgan fingerprint density at radius 3 is 2.15 bits per heavy atom. The van der Waals surface area contributed by atoms with E-state index in [-0.39, 0.29) is 18.4 Å². The van der Waals surface area contributed by atoms with Crippen molar-refractivity contribution < 1.29 is 14.3 Å². The highest BCUT2D eigenvalue weighted by Gasteiger charge is 2.21. The van der Waals surface area contributed by atoms with Gasteiger partial charge in [0.15, 0.2) is 0 Å². The van der Waals surface area contributed by atoms with E-state index >= 15 is 0 Å². The lowest BCUT2D eigenvalue weighted by molar-refractivity contribution is -0.119. The molecule has 1 aromatic rings. The first-order chi connectivity index (χ1) is 9.67.